The summed E-state index contributed by atoms with van der Waals surface area (Å²) in [6.07, 6.45) is -0.448. The second-order valence-electron chi connectivity index (χ2n) is 2.24. The first-order valence-electron chi connectivity index (χ1n) is 3.22. The van der Waals surface area contributed by atoms with Crippen molar-refractivity contribution < 1.29 is 14.3 Å². The lowest BCUT2D eigenvalue weighted by atomic mass is 10.2. The highest BCUT2D eigenvalue weighted by molar-refractivity contribution is 5.69. The number of pyridine rings is 1. The van der Waals surface area contributed by atoms with Gasteiger partial charge in [-0.2, -0.15) is 0 Å². The molecule has 5 heteroatoms. The summed E-state index contributed by atoms with van der Waals surface area (Å²) in [5.74, 6) is -1.66. The lowest BCUT2D eigenvalue weighted by Crippen LogP contribution is -2.06. The van der Waals surface area contributed by atoms with Crippen molar-refractivity contribution in [3.8, 4) is 0 Å². The van der Waals surface area contributed by atoms with E-state index < -0.39 is 18.2 Å². The average Bonchev–Trinajstić information content (AvgIpc) is 1.96. The number of carboxylic acids is 1. The third kappa shape index (κ3) is 1.91. The van der Waals surface area contributed by atoms with Crippen LogP contribution in [0.3, 0.4) is 0 Å². The molecule has 0 amide bonds. The molecular formula is C7H7FN2O2. The first kappa shape index (κ1) is 8.45. The summed E-state index contributed by atoms with van der Waals surface area (Å²) < 4.78 is 12.7. The monoisotopic (exact) mass is 170 g/mol. The number of nitrogens with two attached hydrogens (primary N) is 1. The predicted molar refractivity (Wildman–Crippen MR) is 39.9 cm³/mol. The second-order valence-corrected chi connectivity index (χ2v) is 2.24. The minimum Gasteiger partial charge on any atom is -0.481 e. The third-order valence-electron chi connectivity index (χ3n) is 1.26. The molecule has 0 aliphatic heterocycles. The Labute approximate surface area is 67.8 Å². The summed E-state index contributed by atoms with van der Waals surface area (Å²) in [6, 6.07) is 2.38. The van der Waals surface area contributed by atoms with E-state index in [1.807, 2.05) is 0 Å². The summed E-state index contributed by atoms with van der Waals surface area (Å²) in [4.78, 5) is 13.7. The number of hydrogen-bond acceptors (Lipinski definition) is 3. The maximum atomic E-state index is 12.7. The molecule has 0 saturated heterocycles. The minimum atomic E-state index is -1.13. The van der Waals surface area contributed by atoms with Crippen molar-refractivity contribution in [3.63, 3.8) is 0 Å². The molecule has 0 aliphatic rings. The number of aliphatic carboxylic acids is 1. The van der Waals surface area contributed by atoms with Crippen LogP contribution in [0.5, 0.6) is 0 Å². The van der Waals surface area contributed by atoms with Crippen LogP contribution in [0.2, 0.25) is 0 Å². The van der Waals surface area contributed by atoms with E-state index in [4.69, 9.17) is 10.8 Å². The molecule has 12 heavy (non-hydrogen) atoms. The van der Waals surface area contributed by atoms with E-state index in [0.29, 0.717) is 0 Å². The molecule has 0 bridgehead atoms. The van der Waals surface area contributed by atoms with Crippen molar-refractivity contribution >= 4 is 11.8 Å². The van der Waals surface area contributed by atoms with Crippen molar-refractivity contribution in [3.05, 3.63) is 23.6 Å². The maximum absolute atomic E-state index is 12.7. The fourth-order valence-electron chi connectivity index (χ4n) is 0.768. The van der Waals surface area contributed by atoms with Crippen molar-refractivity contribution in [1.82, 2.24) is 4.98 Å². The molecule has 1 rings (SSSR count). The van der Waals surface area contributed by atoms with E-state index in [-0.39, 0.29) is 11.5 Å². The Morgan fingerprint density at radius 3 is 2.92 bits per heavy atom. The first-order chi connectivity index (χ1) is 5.59. The van der Waals surface area contributed by atoms with Gasteiger partial charge >= 0.3 is 5.97 Å². The zero-order chi connectivity index (χ0) is 9.14. The number of halogens is 1. The second kappa shape index (κ2) is 3.17. The average molecular weight is 170 g/mol. The fraction of sp³-hybridized carbons (Fsp3) is 0.143. The van der Waals surface area contributed by atoms with Crippen LogP contribution in [-0.4, -0.2) is 16.1 Å². The molecule has 0 atom stereocenters. The van der Waals surface area contributed by atoms with Gasteiger partial charge < -0.3 is 10.8 Å². The molecule has 64 valence electrons. The van der Waals surface area contributed by atoms with Gasteiger partial charge in [-0.1, -0.05) is 0 Å². The van der Waals surface area contributed by atoms with E-state index >= 15 is 0 Å². The van der Waals surface area contributed by atoms with Crippen LogP contribution in [-0.2, 0) is 11.2 Å². The normalized spacial score (nSPS) is 9.75. The number of carboxylic acid groups (broad SMARTS) is 1. The van der Waals surface area contributed by atoms with Crippen LogP contribution in [0.4, 0.5) is 10.2 Å². The van der Waals surface area contributed by atoms with Crippen LogP contribution in [0.25, 0.3) is 0 Å². The van der Waals surface area contributed by atoms with Gasteiger partial charge in [0.15, 0.2) is 0 Å². The lowest BCUT2D eigenvalue weighted by Gasteiger charge is -1.99. The topological polar surface area (TPSA) is 76.2 Å². The maximum Gasteiger partial charge on any atom is 0.309 e. The van der Waals surface area contributed by atoms with Crippen LogP contribution < -0.4 is 5.73 Å². The van der Waals surface area contributed by atoms with E-state index in [1.165, 1.54) is 6.07 Å². The SMILES string of the molecule is Nc1ccc(F)c(CC(=O)O)n1. The number of hydrogen-bond donors (Lipinski definition) is 2. The molecule has 0 spiro atoms. The van der Waals surface area contributed by atoms with Gasteiger partial charge in [-0.3, -0.25) is 4.79 Å². The number of aromatic nitrogens is 1. The van der Waals surface area contributed by atoms with Gasteiger partial charge in [0.05, 0.1) is 12.1 Å². The highest BCUT2D eigenvalue weighted by atomic mass is 19.1. The molecule has 3 N–H and O–H groups in total. The fourth-order valence-corrected chi connectivity index (χ4v) is 0.768. The molecule has 0 fully saturated rings. The number of rotatable bonds is 2. The van der Waals surface area contributed by atoms with E-state index in [2.05, 4.69) is 4.98 Å². The predicted octanol–water partition coefficient (Wildman–Crippen LogP) is 0.430. The third-order valence-corrected chi connectivity index (χ3v) is 1.26. The van der Waals surface area contributed by atoms with E-state index in [0.717, 1.165) is 6.07 Å². The summed E-state index contributed by atoms with van der Waals surface area (Å²) in [5, 5.41) is 8.33. The largest absolute Gasteiger partial charge is 0.481 e. The van der Waals surface area contributed by atoms with Gasteiger partial charge in [-0.15, -0.1) is 0 Å². The van der Waals surface area contributed by atoms with E-state index in [1.54, 1.807) is 0 Å². The van der Waals surface area contributed by atoms with Crippen molar-refractivity contribution in [2.45, 2.75) is 6.42 Å². The number of nitrogens with zero attached hydrogens (tertiary/aromatic N) is 1. The van der Waals surface area contributed by atoms with Crippen LogP contribution in [0.1, 0.15) is 5.69 Å². The molecule has 0 saturated carbocycles. The van der Waals surface area contributed by atoms with Gasteiger partial charge in [0.1, 0.15) is 11.6 Å². The molecule has 4 nitrogen and oxygen atoms in total. The van der Waals surface area contributed by atoms with Crippen LogP contribution >= 0.6 is 0 Å². The molecular weight excluding hydrogens is 163 g/mol. The highest BCUT2D eigenvalue weighted by Crippen LogP contribution is 2.07. The Morgan fingerprint density at radius 2 is 2.33 bits per heavy atom. The van der Waals surface area contributed by atoms with Crippen molar-refractivity contribution in [2.24, 2.45) is 0 Å². The molecule has 0 unspecified atom stereocenters. The van der Waals surface area contributed by atoms with Gasteiger partial charge in [0, 0.05) is 0 Å². The Bertz CT molecular complexity index is 314. The Kier molecular flexibility index (Phi) is 2.23. The standard InChI is InChI=1S/C7H7FN2O2/c8-4-1-2-6(9)10-5(4)3-7(11)12/h1-2H,3H2,(H2,9,10)(H,11,12). The van der Waals surface area contributed by atoms with Crippen LogP contribution in [0.15, 0.2) is 12.1 Å². The molecule has 1 aromatic heterocycles. The number of anilines is 1. The van der Waals surface area contributed by atoms with Gasteiger partial charge in [-0.25, -0.2) is 9.37 Å². The quantitative estimate of drug-likeness (QED) is 0.674. The van der Waals surface area contributed by atoms with Gasteiger partial charge in [-0.05, 0) is 12.1 Å². The molecule has 1 heterocycles. The minimum absolute atomic E-state index is 0.118. The molecule has 0 radical (unpaired) electrons. The number of nitrogen functional groups attached to an aromatic ring is 1. The summed E-state index contributed by atoms with van der Waals surface area (Å²) >= 11 is 0. The smallest absolute Gasteiger partial charge is 0.309 e. The zero-order valence-electron chi connectivity index (χ0n) is 6.12. The molecule has 0 aliphatic carbocycles. The Balaban J connectivity index is 2.97. The zero-order valence-corrected chi connectivity index (χ0v) is 6.12. The van der Waals surface area contributed by atoms with Crippen LogP contribution in [0, 0.1) is 5.82 Å². The van der Waals surface area contributed by atoms with E-state index in [9.17, 15) is 9.18 Å². The van der Waals surface area contributed by atoms with Gasteiger partial charge in [0.25, 0.3) is 0 Å². The van der Waals surface area contributed by atoms with Crippen molar-refractivity contribution in [2.75, 3.05) is 5.73 Å². The first-order valence-corrected chi connectivity index (χ1v) is 3.22. The summed E-state index contributed by atoms with van der Waals surface area (Å²) in [7, 11) is 0. The summed E-state index contributed by atoms with van der Waals surface area (Å²) in [6.45, 7) is 0. The molecule has 1 aromatic rings. The van der Waals surface area contributed by atoms with Gasteiger partial charge in [0.2, 0.25) is 0 Å². The lowest BCUT2D eigenvalue weighted by molar-refractivity contribution is -0.136. The molecule has 0 aromatic carbocycles. The highest BCUT2D eigenvalue weighted by Gasteiger charge is 2.08. The number of carbonyl (C=O) groups is 1. The Morgan fingerprint density at radius 1 is 1.67 bits per heavy atom. The Hall–Kier alpha value is -1.65. The van der Waals surface area contributed by atoms with Crippen molar-refractivity contribution in [1.29, 1.82) is 0 Å². The summed E-state index contributed by atoms with van der Waals surface area (Å²) in [5.41, 5.74) is 5.10.